The maximum Gasteiger partial charge on any atom is 0.221 e. The van der Waals surface area contributed by atoms with E-state index in [4.69, 9.17) is 11.6 Å². The summed E-state index contributed by atoms with van der Waals surface area (Å²) in [6, 6.07) is 5.28. The van der Waals surface area contributed by atoms with Crippen LogP contribution >= 0.6 is 11.6 Å². The van der Waals surface area contributed by atoms with Crippen molar-refractivity contribution in [1.29, 1.82) is 0 Å². The molecule has 1 aliphatic heterocycles. The predicted molar refractivity (Wildman–Crippen MR) is 79.2 cm³/mol. The summed E-state index contributed by atoms with van der Waals surface area (Å²) >= 11 is 5.91. The number of imidazole rings is 1. The van der Waals surface area contributed by atoms with Crippen molar-refractivity contribution < 1.29 is 8.42 Å². The first-order valence-corrected chi connectivity index (χ1v) is 8.65. The lowest BCUT2D eigenvalue weighted by atomic mass is 10.2. The second-order valence-corrected chi connectivity index (χ2v) is 7.47. The van der Waals surface area contributed by atoms with E-state index < -0.39 is 10.0 Å². The van der Waals surface area contributed by atoms with Crippen molar-refractivity contribution in [3.05, 3.63) is 29.0 Å². The highest BCUT2D eigenvalue weighted by Crippen LogP contribution is 2.20. The lowest BCUT2D eigenvalue weighted by Crippen LogP contribution is -2.36. The quantitative estimate of drug-likeness (QED) is 0.947. The molecule has 1 N–H and O–H groups in total. The van der Waals surface area contributed by atoms with E-state index in [0.29, 0.717) is 23.9 Å². The van der Waals surface area contributed by atoms with Gasteiger partial charge < -0.3 is 4.98 Å². The summed E-state index contributed by atoms with van der Waals surface area (Å²) in [7, 11) is -3.29. The molecule has 1 fully saturated rings. The average Bonchev–Trinajstić information content (AvgIpc) is 2.80. The normalized spacial score (nSPS) is 17.6. The van der Waals surface area contributed by atoms with E-state index in [1.54, 1.807) is 22.5 Å². The minimum atomic E-state index is -3.29. The van der Waals surface area contributed by atoms with Gasteiger partial charge >= 0.3 is 0 Å². The van der Waals surface area contributed by atoms with Crippen LogP contribution in [0.3, 0.4) is 0 Å². The largest absolute Gasteiger partial charge is 0.341 e. The molecule has 20 heavy (non-hydrogen) atoms. The van der Waals surface area contributed by atoms with Crippen LogP contribution < -0.4 is 0 Å². The highest BCUT2D eigenvalue weighted by Gasteiger charge is 2.25. The van der Waals surface area contributed by atoms with Crippen LogP contribution in [0.15, 0.2) is 18.2 Å². The van der Waals surface area contributed by atoms with Gasteiger partial charge in [0.25, 0.3) is 0 Å². The van der Waals surface area contributed by atoms with Gasteiger partial charge in [0.15, 0.2) is 0 Å². The van der Waals surface area contributed by atoms with E-state index >= 15 is 0 Å². The molecule has 1 aliphatic rings. The van der Waals surface area contributed by atoms with Gasteiger partial charge in [0, 0.05) is 18.1 Å². The number of nitrogens with zero attached hydrogens (tertiary/aromatic N) is 2. The van der Waals surface area contributed by atoms with Crippen LogP contribution in [0.5, 0.6) is 0 Å². The zero-order chi connectivity index (χ0) is 14.2. The summed E-state index contributed by atoms with van der Waals surface area (Å²) in [5, 5.41) is 0.603. The van der Waals surface area contributed by atoms with Crippen LogP contribution in [0.1, 0.15) is 25.1 Å². The van der Waals surface area contributed by atoms with Gasteiger partial charge in [-0.1, -0.05) is 18.0 Å². The standard InChI is InChI=1S/C13H16ClN3O2S/c14-10-4-5-11-12(8-10)16-13(15-11)9-20(18,19)17-6-2-1-3-7-17/h4-5,8H,1-3,6-7,9H2,(H,15,16). The molecule has 0 atom stereocenters. The maximum atomic E-state index is 12.3. The Labute approximate surface area is 123 Å². The van der Waals surface area contributed by atoms with Crippen molar-refractivity contribution in [3.63, 3.8) is 0 Å². The number of rotatable bonds is 3. The molecule has 108 valence electrons. The summed E-state index contributed by atoms with van der Waals surface area (Å²) in [5.74, 6) is 0.382. The fourth-order valence-electron chi connectivity index (χ4n) is 2.51. The molecule has 0 amide bonds. The number of piperidine rings is 1. The molecule has 0 saturated carbocycles. The number of benzene rings is 1. The molecule has 1 saturated heterocycles. The molecule has 0 aliphatic carbocycles. The summed E-state index contributed by atoms with van der Waals surface area (Å²) in [5.41, 5.74) is 1.50. The Kier molecular flexibility index (Phi) is 3.70. The molecule has 3 rings (SSSR count). The summed E-state index contributed by atoms with van der Waals surface area (Å²) < 4.78 is 26.2. The van der Waals surface area contributed by atoms with Crippen LogP contribution in [0.4, 0.5) is 0 Å². The first-order chi connectivity index (χ1) is 9.54. The minimum absolute atomic E-state index is 0.0840. The van der Waals surface area contributed by atoms with Crippen LogP contribution in [-0.4, -0.2) is 35.8 Å². The third-order valence-electron chi connectivity index (χ3n) is 3.52. The van der Waals surface area contributed by atoms with Gasteiger partial charge in [-0.15, -0.1) is 0 Å². The van der Waals surface area contributed by atoms with Gasteiger partial charge in [-0.25, -0.2) is 17.7 Å². The number of aromatic nitrogens is 2. The van der Waals surface area contributed by atoms with Crippen LogP contribution in [0, 0.1) is 0 Å². The van der Waals surface area contributed by atoms with Crippen molar-refractivity contribution in [2.45, 2.75) is 25.0 Å². The number of halogens is 1. The number of aromatic amines is 1. The van der Waals surface area contributed by atoms with E-state index in [9.17, 15) is 8.42 Å². The summed E-state index contributed by atoms with van der Waals surface area (Å²) in [6.45, 7) is 1.24. The minimum Gasteiger partial charge on any atom is -0.341 e. The van der Waals surface area contributed by atoms with E-state index in [0.717, 1.165) is 30.3 Å². The Bertz CT molecular complexity index is 720. The lowest BCUT2D eigenvalue weighted by Gasteiger charge is -2.25. The van der Waals surface area contributed by atoms with E-state index in [1.807, 2.05) is 0 Å². The topological polar surface area (TPSA) is 66.1 Å². The summed E-state index contributed by atoms with van der Waals surface area (Å²) in [4.78, 5) is 7.34. The number of hydrogen-bond acceptors (Lipinski definition) is 3. The monoisotopic (exact) mass is 313 g/mol. The Morgan fingerprint density at radius 3 is 2.75 bits per heavy atom. The van der Waals surface area contributed by atoms with E-state index in [2.05, 4.69) is 9.97 Å². The van der Waals surface area contributed by atoms with Crippen LogP contribution in [0.2, 0.25) is 5.02 Å². The number of fused-ring (bicyclic) bond motifs is 1. The van der Waals surface area contributed by atoms with Crippen molar-refractivity contribution in [2.75, 3.05) is 13.1 Å². The molecular weight excluding hydrogens is 298 g/mol. The SMILES string of the molecule is O=S(=O)(Cc1nc2ccc(Cl)cc2[nH]1)N1CCCCC1. The first-order valence-electron chi connectivity index (χ1n) is 6.66. The zero-order valence-corrected chi connectivity index (χ0v) is 12.5. The smallest absolute Gasteiger partial charge is 0.221 e. The maximum absolute atomic E-state index is 12.3. The van der Waals surface area contributed by atoms with Crippen LogP contribution in [-0.2, 0) is 15.8 Å². The van der Waals surface area contributed by atoms with Crippen molar-refractivity contribution in [1.82, 2.24) is 14.3 Å². The van der Waals surface area contributed by atoms with Crippen molar-refractivity contribution in [3.8, 4) is 0 Å². The van der Waals surface area contributed by atoms with E-state index in [1.165, 1.54) is 0 Å². The molecule has 0 bridgehead atoms. The fourth-order valence-corrected chi connectivity index (χ4v) is 4.16. The molecule has 1 aromatic carbocycles. The van der Waals surface area contributed by atoms with Gasteiger partial charge in [-0.2, -0.15) is 0 Å². The Hall–Kier alpha value is -1.11. The number of sulfonamides is 1. The van der Waals surface area contributed by atoms with Gasteiger partial charge in [0.1, 0.15) is 11.6 Å². The van der Waals surface area contributed by atoms with Gasteiger partial charge in [0.2, 0.25) is 10.0 Å². The number of nitrogens with one attached hydrogen (secondary N) is 1. The number of H-pyrrole nitrogens is 1. The number of hydrogen-bond donors (Lipinski definition) is 1. The molecule has 2 heterocycles. The van der Waals surface area contributed by atoms with Gasteiger partial charge in [-0.05, 0) is 31.0 Å². The molecule has 0 radical (unpaired) electrons. The Balaban J connectivity index is 1.84. The molecule has 0 unspecified atom stereocenters. The second kappa shape index (κ2) is 5.35. The molecule has 5 nitrogen and oxygen atoms in total. The molecule has 7 heteroatoms. The highest BCUT2D eigenvalue weighted by atomic mass is 35.5. The van der Waals surface area contributed by atoms with Gasteiger partial charge in [-0.3, -0.25) is 0 Å². The third-order valence-corrected chi connectivity index (χ3v) is 5.55. The summed E-state index contributed by atoms with van der Waals surface area (Å²) in [6.07, 6.45) is 2.99. The molecular formula is C13H16ClN3O2S. The van der Waals surface area contributed by atoms with E-state index in [-0.39, 0.29) is 5.75 Å². The highest BCUT2D eigenvalue weighted by molar-refractivity contribution is 7.88. The molecule has 1 aromatic heterocycles. The van der Waals surface area contributed by atoms with Crippen molar-refractivity contribution >= 4 is 32.7 Å². The Morgan fingerprint density at radius 2 is 2.00 bits per heavy atom. The molecule has 0 spiro atoms. The Morgan fingerprint density at radius 1 is 1.25 bits per heavy atom. The lowest BCUT2D eigenvalue weighted by molar-refractivity contribution is 0.346. The zero-order valence-electron chi connectivity index (χ0n) is 11.0. The van der Waals surface area contributed by atoms with Crippen molar-refractivity contribution in [2.24, 2.45) is 0 Å². The van der Waals surface area contributed by atoms with Gasteiger partial charge in [0.05, 0.1) is 11.0 Å². The second-order valence-electron chi connectivity index (χ2n) is 5.06. The molecule has 2 aromatic rings. The fraction of sp³-hybridized carbons (Fsp3) is 0.462. The predicted octanol–water partition coefficient (Wildman–Crippen LogP) is 2.53. The third kappa shape index (κ3) is 2.82. The first kappa shape index (κ1) is 13.9. The average molecular weight is 314 g/mol. The van der Waals surface area contributed by atoms with Crippen LogP contribution in [0.25, 0.3) is 11.0 Å².